The van der Waals surface area contributed by atoms with Crippen molar-refractivity contribution in [3.8, 4) is 5.75 Å². The Balaban J connectivity index is 2.14. The lowest BCUT2D eigenvalue weighted by atomic mass is 10.2. The van der Waals surface area contributed by atoms with Gasteiger partial charge in [0.15, 0.2) is 0 Å². The van der Waals surface area contributed by atoms with Crippen LogP contribution < -0.4 is 5.30 Å². The maximum Gasteiger partial charge on any atom is 0.122 e. The van der Waals surface area contributed by atoms with Crippen molar-refractivity contribution in [2.75, 3.05) is 0 Å². The van der Waals surface area contributed by atoms with Crippen molar-refractivity contribution in [1.29, 1.82) is 0 Å². The van der Waals surface area contributed by atoms with Gasteiger partial charge in [0.25, 0.3) is 0 Å². The fourth-order valence-corrected chi connectivity index (χ4v) is 2.90. The lowest BCUT2D eigenvalue weighted by Crippen LogP contribution is -1.98. The first-order valence-corrected chi connectivity index (χ1v) is 6.44. The molecule has 0 aliphatic carbocycles. The van der Waals surface area contributed by atoms with E-state index in [9.17, 15) is 5.11 Å². The molecule has 16 heavy (non-hydrogen) atoms. The molecule has 0 bridgehead atoms. The molecule has 2 unspecified atom stereocenters. The van der Waals surface area contributed by atoms with E-state index in [0.29, 0.717) is 20.0 Å². The van der Waals surface area contributed by atoms with Crippen molar-refractivity contribution in [1.82, 2.24) is 0 Å². The predicted molar refractivity (Wildman–Crippen MR) is 70.9 cm³/mol. The smallest absolute Gasteiger partial charge is 0.122 e. The van der Waals surface area contributed by atoms with Crippen LogP contribution in [0.2, 0.25) is 0 Å². The summed E-state index contributed by atoms with van der Waals surface area (Å²) in [7, 11) is 0.605. The maximum absolute atomic E-state index is 9.71. The molecule has 1 nitrogen and oxygen atoms in total. The minimum Gasteiger partial charge on any atom is -0.507 e. The molecule has 0 aliphatic rings. The summed E-state index contributed by atoms with van der Waals surface area (Å²) in [6, 6.07) is 18.0. The fraction of sp³-hybridized carbons (Fsp3) is 0.143. The number of hydrogen-bond donors (Lipinski definition) is 1. The largest absolute Gasteiger partial charge is 0.507 e. The zero-order chi connectivity index (χ0) is 11.4. The molecule has 0 aromatic heterocycles. The first-order chi connectivity index (χ1) is 7.77. The Morgan fingerprint density at radius 2 is 1.56 bits per heavy atom. The summed E-state index contributed by atoms with van der Waals surface area (Å²) in [5, 5.41) is 10.8. The molecule has 2 atom stereocenters. The first kappa shape index (κ1) is 11.2. The number of benzene rings is 2. The molecule has 0 fully saturated rings. The average molecular weight is 230 g/mol. The van der Waals surface area contributed by atoms with Gasteiger partial charge in [0.05, 0.1) is 0 Å². The summed E-state index contributed by atoms with van der Waals surface area (Å²) in [5.74, 6) is 0.406. The molecule has 0 spiro atoms. The Bertz CT molecular complexity index is 453. The summed E-state index contributed by atoms with van der Waals surface area (Å²) in [5.41, 5.74) is 1.78. The number of para-hydroxylation sites is 1. The molecular weight excluding hydrogens is 215 g/mol. The van der Waals surface area contributed by atoms with Crippen molar-refractivity contribution in [2.45, 2.75) is 12.6 Å². The van der Waals surface area contributed by atoms with Gasteiger partial charge in [-0.2, -0.15) is 0 Å². The maximum atomic E-state index is 9.71. The van der Waals surface area contributed by atoms with Crippen LogP contribution in [0.5, 0.6) is 5.75 Å². The third kappa shape index (κ3) is 2.62. The van der Waals surface area contributed by atoms with Crippen LogP contribution in [0.1, 0.15) is 18.1 Å². The number of aromatic hydroxyl groups is 1. The first-order valence-electron chi connectivity index (χ1n) is 5.37. The molecule has 1 N–H and O–H groups in total. The highest BCUT2D eigenvalue weighted by Crippen LogP contribution is 2.35. The quantitative estimate of drug-likeness (QED) is 0.800. The van der Waals surface area contributed by atoms with Gasteiger partial charge in [0, 0.05) is 11.0 Å². The van der Waals surface area contributed by atoms with E-state index in [0.717, 1.165) is 5.30 Å². The highest BCUT2D eigenvalue weighted by molar-refractivity contribution is 7.47. The minimum absolute atomic E-state index is 0.406. The second-order valence-electron chi connectivity index (χ2n) is 3.79. The lowest BCUT2D eigenvalue weighted by Gasteiger charge is -2.12. The Morgan fingerprint density at radius 1 is 0.938 bits per heavy atom. The summed E-state index contributed by atoms with van der Waals surface area (Å²) in [4.78, 5) is 0. The average Bonchev–Trinajstić information content (AvgIpc) is 2.33. The number of rotatable bonds is 3. The van der Waals surface area contributed by atoms with E-state index in [-0.39, 0.29) is 0 Å². The third-order valence-corrected chi connectivity index (χ3v) is 4.08. The van der Waals surface area contributed by atoms with E-state index < -0.39 is 0 Å². The van der Waals surface area contributed by atoms with Crippen LogP contribution in [-0.2, 0) is 0 Å². The van der Waals surface area contributed by atoms with Crippen LogP contribution in [0, 0.1) is 0 Å². The highest BCUT2D eigenvalue weighted by atomic mass is 31.1. The molecule has 0 saturated carbocycles. The SMILES string of the molecule is CC(Pc1ccccc1O)c1ccccc1. The molecule has 0 radical (unpaired) electrons. The van der Waals surface area contributed by atoms with Crippen LogP contribution in [0.4, 0.5) is 0 Å². The monoisotopic (exact) mass is 230 g/mol. The van der Waals surface area contributed by atoms with Gasteiger partial charge in [-0.05, 0) is 11.6 Å². The molecule has 0 aliphatic heterocycles. The van der Waals surface area contributed by atoms with Crippen molar-refractivity contribution in [3.05, 3.63) is 60.2 Å². The fourth-order valence-electron chi connectivity index (χ4n) is 1.65. The lowest BCUT2D eigenvalue weighted by molar-refractivity contribution is 0.480. The van der Waals surface area contributed by atoms with Crippen LogP contribution in [0.25, 0.3) is 0 Å². The Morgan fingerprint density at radius 3 is 2.25 bits per heavy atom. The Kier molecular flexibility index (Phi) is 3.58. The van der Waals surface area contributed by atoms with Gasteiger partial charge in [-0.3, -0.25) is 0 Å². The summed E-state index contributed by atoms with van der Waals surface area (Å²) < 4.78 is 0. The molecule has 82 valence electrons. The van der Waals surface area contributed by atoms with Crippen LogP contribution in [0.3, 0.4) is 0 Å². The van der Waals surface area contributed by atoms with Crippen molar-refractivity contribution in [3.63, 3.8) is 0 Å². The van der Waals surface area contributed by atoms with Crippen LogP contribution >= 0.6 is 8.58 Å². The number of hydrogen-bond acceptors (Lipinski definition) is 1. The van der Waals surface area contributed by atoms with E-state index in [4.69, 9.17) is 0 Å². The molecular formula is C14H15OP. The molecule has 2 aromatic rings. The topological polar surface area (TPSA) is 20.2 Å². The van der Waals surface area contributed by atoms with E-state index in [1.165, 1.54) is 5.56 Å². The van der Waals surface area contributed by atoms with Gasteiger partial charge in [-0.15, -0.1) is 0 Å². The number of phenols is 1. The molecule has 2 aromatic carbocycles. The standard InChI is InChI=1S/C14H15OP/c1-11(12-7-3-2-4-8-12)16-14-10-6-5-9-13(14)15/h2-11,15-16H,1H3. The summed E-state index contributed by atoms with van der Waals surface area (Å²) in [6.07, 6.45) is 0. The Hall–Kier alpha value is -1.33. The van der Waals surface area contributed by atoms with Crippen molar-refractivity contribution >= 4 is 13.9 Å². The highest BCUT2D eigenvalue weighted by Gasteiger charge is 2.08. The minimum atomic E-state index is 0.406. The summed E-state index contributed by atoms with van der Waals surface area (Å²) >= 11 is 0. The van der Waals surface area contributed by atoms with Gasteiger partial charge < -0.3 is 5.11 Å². The second-order valence-corrected chi connectivity index (χ2v) is 5.49. The molecule has 0 heterocycles. The Labute approximate surface area is 97.9 Å². The van der Waals surface area contributed by atoms with E-state index in [2.05, 4.69) is 31.2 Å². The summed E-state index contributed by atoms with van der Waals surface area (Å²) in [6.45, 7) is 2.19. The van der Waals surface area contributed by atoms with E-state index >= 15 is 0 Å². The molecule has 2 rings (SSSR count). The number of phenolic OH excluding ortho intramolecular Hbond substituents is 1. The van der Waals surface area contributed by atoms with Gasteiger partial charge >= 0.3 is 0 Å². The molecule has 0 saturated heterocycles. The zero-order valence-corrected chi connectivity index (χ0v) is 10.2. The van der Waals surface area contributed by atoms with Crippen LogP contribution in [0.15, 0.2) is 54.6 Å². The normalized spacial score (nSPS) is 13.1. The zero-order valence-electron chi connectivity index (χ0n) is 9.22. The molecule has 2 heteroatoms. The van der Waals surface area contributed by atoms with Gasteiger partial charge in [-0.1, -0.05) is 64.0 Å². The van der Waals surface area contributed by atoms with Crippen molar-refractivity contribution < 1.29 is 5.11 Å². The van der Waals surface area contributed by atoms with Gasteiger partial charge in [-0.25, -0.2) is 0 Å². The second kappa shape index (κ2) is 5.14. The predicted octanol–water partition coefficient (Wildman–Crippen LogP) is 3.46. The molecule has 0 amide bonds. The van der Waals surface area contributed by atoms with E-state index in [1.807, 2.05) is 24.3 Å². The van der Waals surface area contributed by atoms with Crippen molar-refractivity contribution in [2.24, 2.45) is 0 Å². The van der Waals surface area contributed by atoms with Gasteiger partial charge in [0.1, 0.15) is 5.75 Å². The van der Waals surface area contributed by atoms with Crippen LogP contribution in [-0.4, -0.2) is 5.11 Å². The van der Waals surface area contributed by atoms with E-state index in [1.54, 1.807) is 6.07 Å². The van der Waals surface area contributed by atoms with Gasteiger partial charge in [0.2, 0.25) is 0 Å². The third-order valence-electron chi connectivity index (χ3n) is 2.58.